The van der Waals surface area contributed by atoms with Gasteiger partial charge in [-0.15, -0.1) is 11.3 Å². The van der Waals surface area contributed by atoms with Crippen molar-refractivity contribution in [3.63, 3.8) is 0 Å². The van der Waals surface area contributed by atoms with Crippen LogP contribution in [-0.2, 0) is 16.0 Å². The predicted octanol–water partition coefficient (Wildman–Crippen LogP) is 4.57. The van der Waals surface area contributed by atoms with Crippen molar-refractivity contribution in [2.75, 3.05) is 19.7 Å². The number of hydrogen-bond acceptors (Lipinski definition) is 4. The SMILES string of the molecule is O=C(C1CCCC1)N(CC(=O)N1CCc2sccc2[C@H]1COc1ccccc1F)C1CC1. The first kappa shape index (κ1) is 21.4. The summed E-state index contributed by atoms with van der Waals surface area (Å²) in [4.78, 5) is 31.5. The van der Waals surface area contributed by atoms with Crippen LogP contribution in [0.2, 0.25) is 0 Å². The second-order valence-electron chi connectivity index (χ2n) is 9.07. The summed E-state index contributed by atoms with van der Waals surface area (Å²) in [5, 5.41) is 2.04. The molecule has 1 atom stereocenters. The molecule has 1 aromatic heterocycles. The Morgan fingerprint density at radius 3 is 2.66 bits per heavy atom. The Bertz CT molecular complexity index is 983. The summed E-state index contributed by atoms with van der Waals surface area (Å²) in [7, 11) is 0. The molecule has 5 rings (SSSR count). The van der Waals surface area contributed by atoms with Crippen LogP contribution in [-0.4, -0.2) is 47.4 Å². The van der Waals surface area contributed by atoms with Crippen LogP contribution >= 0.6 is 11.3 Å². The largest absolute Gasteiger partial charge is 0.488 e. The molecule has 0 unspecified atom stereocenters. The molecular weight excluding hydrogens is 427 g/mol. The number of benzene rings is 1. The molecule has 0 bridgehead atoms. The van der Waals surface area contributed by atoms with Gasteiger partial charge in [-0.25, -0.2) is 4.39 Å². The molecule has 7 heteroatoms. The van der Waals surface area contributed by atoms with Crippen LogP contribution in [0.1, 0.15) is 55.0 Å². The van der Waals surface area contributed by atoms with Crippen LogP contribution in [0, 0.1) is 11.7 Å². The summed E-state index contributed by atoms with van der Waals surface area (Å²) in [6.07, 6.45) is 6.86. The average Bonchev–Trinajstić information content (AvgIpc) is 3.28. The zero-order chi connectivity index (χ0) is 22.1. The fraction of sp³-hybridized carbons (Fsp3) is 0.520. The maximum Gasteiger partial charge on any atom is 0.242 e. The third-order valence-corrected chi connectivity index (χ3v) is 7.93. The van der Waals surface area contributed by atoms with Gasteiger partial charge < -0.3 is 14.5 Å². The Labute approximate surface area is 192 Å². The molecule has 5 nitrogen and oxygen atoms in total. The lowest BCUT2D eigenvalue weighted by atomic mass is 10.00. The smallest absolute Gasteiger partial charge is 0.242 e. The van der Waals surface area contributed by atoms with Gasteiger partial charge in [0, 0.05) is 23.4 Å². The number of rotatable bonds is 7. The Morgan fingerprint density at radius 2 is 1.91 bits per heavy atom. The summed E-state index contributed by atoms with van der Waals surface area (Å²) >= 11 is 1.69. The van der Waals surface area contributed by atoms with Crippen LogP contribution in [0.25, 0.3) is 0 Å². The van der Waals surface area contributed by atoms with E-state index in [-0.39, 0.29) is 48.7 Å². The lowest BCUT2D eigenvalue weighted by molar-refractivity contribution is -0.145. The Kier molecular flexibility index (Phi) is 6.17. The first-order chi connectivity index (χ1) is 15.6. The predicted molar refractivity (Wildman–Crippen MR) is 121 cm³/mol. The van der Waals surface area contributed by atoms with Crippen molar-refractivity contribution in [2.24, 2.45) is 5.92 Å². The summed E-state index contributed by atoms with van der Waals surface area (Å²) in [5.41, 5.74) is 1.08. The Hall–Kier alpha value is -2.41. The van der Waals surface area contributed by atoms with Crippen molar-refractivity contribution in [3.8, 4) is 5.75 Å². The van der Waals surface area contributed by atoms with Gasteiger partial charge in [-0.3, -0.25) is 9.59 Å². The fourth-order valence-electron chi connectivity index (χ4n) is 5.02. The minimum atomic E-state index is -0.409. The van der Waals surface area contributed by atoms with Gasteiger partial charge in [0.15, 0.2) is 11.6 Å². The molecule has 1 aliphatic heterocycles. The van der Waals surface area contributed by atoms with Gasteiger partial charge in [0.1, 0.15) is 13.2 Å². The fourth-order valence-corrected chi connectivity index (χ4v) is 5.95. The molecule has 0 spiro atoms. The van der Waals surface area contributed by atoms with Crippen molar-refractivity contribution in [1.82, 2.24) is 9.80 Å². The molecule has 2 heterocycles. The monoisotopic (exact) mass is 456 g/mol. The molecule has 3 aliphatic rings. The Morgan fingerprint density at radius 1 is 1.12 bits per heavy atom. The highest BCUT2D eigenvalue weighted by atomic mass is 32.1. The van der Waals surface area contributed by atoms with E-state index in [0.29, 0.717) is 6.54 Å². The molecule has 32 heavy (non-hydrogen) atoms. The molecule has 0 radical (unpaired) electrons. The number of amides is 2. The maximum atomic E-state index is 14.1. The van der Waals surface area contributed by atoms with E-state index in [1.165, 1.54) is 10.9 Å². The average molecular weight is 457 g/mol. The molecule has 2 saturated carbocycles. The molecule has 0 saturated heterocycles. The van der Waals surface area contributed by atoms with Gasteiger partial charge in [-0.2, -0.15) is 0 Å². The minimum absolute atomic E-state index is 0.0396. The molecule has 1 aromatic carbocycles. The molecule has 2 amide bonds. The number of fused-ring (bicyclic) bond motifs is 1. The number of ether oxygens (including phenoxy) is 1. The van der Waals surface area contributed by atoms with E-state index in [1.54, 1.807) is 29.5 Å². The van der Waals surface area contributed by atoms with E-state index >= 15 is 0 Å². The third-order valence-electron chi connectivity index (χ3n) is 6.93. The lowest BCUT2D eigenvalue weighted by Crippen LogP contribution is -2.49. The second-order valence-corrected chi connectivity index (χ2v) is 10.1. The number of para-hydroxylation sites is 1. The first-order valence-corrected chi connectivity index (χ1v) is 12.5. The van der Waals surface area contributed by atoms with E-state index in [2.05, 4.69) is 0 Å². The van der Waals surface area contributed by atoms with Crippen LogP contribution in [0.3, 0.4) is 0 Å². The number of halogens is 1. The van der Waals surface area contributed by atoms with Crippen LogP contribution < -0.4 is 4.74 Å². The number of nitrogens with zero attached hydrogens (tertiary/aromatic N) is 2. The summed E-state index contributed by atoms with van der Waals surface area (Å²) in [5.74, 6) is -0.0199. The highest BCUT2D eigenvalue weighted by molar-refractivity contribution is 7.10. The van der Waals surface area contributed by atoms with E-state index < -0.39 is 5.82 Å². The van der Waals surface area contributed by atoms with E-state index in [0.717, 1.165) is 50.5 Å². The highest BCUT2D eigenvalue weighted by Crippen LogP contribution is 2.36. The highest BCUT2D eigenvalue weighted by Gasteiger charge is 2.40. The normalized spacial score (nSPS) is 20.8. The standard InChI is InChI=1S/C25H29FN2O3S/c26-20-7-3-4-8-22(20)31-16-21-19-12-14-32-23(19)11-13-27(21)24(29)15-28(18-9-10-18)25(30)17-5-1-2-6-17/h3-4,7-8,12,14,17-18,21H,1-2,5-6,9-11,13,15-16H2/t21-/m1/s1. The maximum absolute atomic E-state index is 14.1. The quantitative estimate of drug-likeness (QED) is 0.613. The lowest BCUT2D eigenvalue weighted by Gasteiger charge is -2.37. The van der Waals surface area contributed by atoms with Gasteiger partial charge >= 0.3 is 0 Å². The second kappa shape index (κ2) is 9.22. The van der Waals surface area contributed by atoms with Gasteiger partial charge in [-0.05, 0) is 61.2 Å². The van der Waals surface area contributed by atoms with Crippen LogP contribution in [0.4, 0.5) is 4.39 Å². The summed E-state index contributed by atoms with van der Waals surface area (Å²) in [6.45, 7) is 0.917. The van der Waals surface area contributed by atoms with Crippen molar-refractivity contribution in [2.45, 2.75) is 57.0 Å². The van der Waals surface area contributed by atoms with E-state index in [9.17, 15) is 14.0 Å². The van der Waals surface area contributed by atoms with Gasteiger partial charge in [-0.1, -0.05) is 25.0 Å². The molecular formula is C25H29FN2O3S. The molecule has 2 fully saturated rings. The topological polar surface area (TPSA) is 49.9 Å². The summed E-state index contributed by atoms with van der Waals surface area (Å²) < 4.78 is 19.9. The van der Waals surface area contributed by atoms with Crippen molar-refractivity contribution in [3.05, 3.63) is 52.0 Å². The number of carbonyl (C=O) groups is 2. The molecule has 170 valence electrons. The summed E-state index contributed by atoms with van der Waals surface area (Å²) in [6, 6.07) is 8.31. The van der Waals surface area contributed by atoms with Crippen molar-refractivity contribution < 1.29 is 18.7 Å². The molecule has 0 N–H and O–H groups in total. The van der Waals surface area contributed by atoms with Crippen LogP contribution in [0.15, 0.2) is 35.7 Å². The van der Waals surface area contributed by atoms with Gasteiger partial charge in [0.25, 0.3) is 0 Å². The first-order valence-electron chi connectivity index (χ1n) is 11.7. The van der Waals surface area contributed by atoms with Crippen LogP contribution in [0.5, 0.6) is 5.75 Å². The molecule has 2 aromatic rings. The zero-order valence-electron chi connectivity index (χ0n) is 18.2. The molecule has 2 aliphatic carbocycles. The minimum Gasteiger partial charge on any atom is -0.488 e. The van der Waals surface area contributed by atoms with E-state index in [1.807, 2.05) is 21.2 Å². The van der Waals surface area contributed by atoms with Gasteiger partial charge in [0.2, 0.25) is 11.8 Å². The van der Waals surface area contributed by atoms with Gasteiger partial charge in [0.05, 0.1) is 6.04 Å². The number of thiophene rings is 1. The number of hydrogen-bond donors (Lipinski definition) is 0. The van der Waals surface area contributed by atoms with E-state index in [4.69, 9.17) is 4.74 Å². The number of carbonyl (C=O) groups excluding carboxylic acids is 2. The van der Waals surface area contributed by atoms with Crippen molar-refractivity contribution in [1.29, 1.82) is 0 Å². The Balaban J connectivity index is 1.32. The zero-order valence-corrected chi connectivity index (χ0v) is 19.0. The third kappa shape index (κ3) is 4.40. The van der Waals surface area contributed by atoms with Crippen molar-refractivity contribution >= 4 is 23.2 Å².